The highest BCUT2D eigenvalue weighted by Gasteiger charge is 2.23. The van der Waals surface area contributed by atoms with E-state index in [1.165, 1.54) is 4.88 Å². The Balaban J connectivity index is 2.28. The molecular formula is C14H18ClN3S2. The maximum absolute atomic E-state index is 6.27. The van der Waals surface area contributed by atoms with Gasteiger partial charge in [0.2, 0.25) is 0 Å². The molecule has 108 valence electrons. The summed E-state index contributed by atoms with van der Waals surface area (Å²) < 4.78 is 0.787. The minimum Gasteiger partial charge on any atom is -0.326 e. The molecule has 0 radical (unpaired) electrons. The highest BCUT2D eigenvalue weighted by molar-refractivity contribution is 7.99. The molecule has 0 spiro atoms. The lowest BCUT2D eigenvalue weighted by Crippen LogP contribution is -2.25. The van der Waals surface area contributed by atoms with Gasteiger partial charge in [0, 0.05) is 22.3 Å². The molecule has 20 heavy (non-hydrogen) atoms. The lowest BCUT2D eigenvalue weighted by molar-refractivity contribution is 0.638. The van der Waals surface area contributed by atoms with Gasteiger partial charge in [-0.15, -0.1) is 11.3 Å². The van der Waals surface area contributed by atoms with Crippen LogP contribution in [0.15, 0.2) is 23.4 Å². The number of aromatic nitrogens is 2. The van der Waals surface area contributed by atoms with Crippen LogP contribution in [0, 0.1) is 13.8 Å². The van der Waals surface area contributed by atoms with Crippen LogP contribution in [0.5, 0.6) is 0 Å². The summed E-state index contributed by atoms with van der Waals surface area (Å²) in [6, 6.07) is 5.99. The molecule has 2 unspecified atom stereocenters. The summed E-state index contributed by atoms with van der Waals surface area (Å²) >= 11 is 9.24. The third-order valence-electron chi connectivity index (χ3n) is 2.93. The second kappa shape index (κ2) is 6.89. The Kier molecular flexibility index (Phi) is 5.43. The van der Waals surface area contributed by atoms with Gasteiger partial charge in [-0.05, 0) is 38.5 Å². The van der Waals surface area contributed by atoms with Crippen molar-refractivity contribution in [2.75, 3.05) is 0 Å². The summed E-state index contributed by atoms with van der Waals surface area (Å²) in [5.74, 6) is 0. The van der Waals surface area contributed by atoms with Gasteiger partial charge >= 0.3 is 0 Å². The lowest BCUT2D eigenvalue weighted by Gasteiger charge is -2.20. The third-order valence-corrected chi connectivity index (χ3v) is 5.64. The quantitative estimate of drug-likeness (QED) is 0.654. The monoisotopic (exact) mass is 327 g/mol. The van der Waals surface area contributed by atoms with Crippen molar-refractivity contribution in [1.29, 1.82) is 0 Å². The molecule has 2 aromatic heterocycles. The molecule has 3 nitrogen and oxygen atoms in total. The molecule has 0 aromatic carbocycles. The van der Waals surface area contributed by atoms with Crippen molar-refractivity contribution in [3.8, 4) is 0 Å². The maximum Gasteiger partial charge on any atom is 0.188 e. The Bertz CT molecular complexity index is 565. The summed E-state index contributed by atoms with van der Waals surface area (Å²) in [5, 5.41) is 0.916. The summed E-state index contributed by atoms with van der Waals surface area (Å²) in [6.07, 6.45) is 0.901. The summed E-state index contributed by atoms with van der Waals surface area (Å²) in [5.41, 5.74) is 8.23. The van der Waals surface area contributed by atoms with Crippen LogP contribution >= 0.6 is 34.7 Å². The van der Waals surface area contributed by atoms with E-state index in [0.29, 0.717) is 0 Å². The number of hydrogen-bond donors (Lipinski definition) is 1. The molecule has 6 heteroatoms. The molecule has 2 heterocycles. The van der Waals surface area contributed by atoms with Crippen LogP contribution in [0.3, 0.4) is 0 Å². The minimum atomic E-state index is 0.0548. The fourth-order valence-electron chi connectivity index (χ4n) is 1.91. The predicted octanol–water partition coefficient (Wildman–Crippen LogP) is 4.38. The van der Waals surface area contributed by atoms with Crippen molar-refractivity contribution in [3.63, 3.8) is 0 Å². The molecule has 2 aromatic rings. The van der Waals surface area contributed by atoms with Crippen molar-refractivity contribution >= 4 is 34.7 Å². The molecule has 0 aliphatic carbocycles. The molecular weight excluding hydrogens is 310 g/mol. The Morgan fingerprint density at radius 2 is 1.95 bits per heavy atom. The first-order chi connectivity index (χ1) is 9.49. The van der Waals surface area contributed by atoms with Gasteiger partial charge in [-0.2, -0.15) is 0 Å². The van der Waals surface area contributed by atoms with E-state index in [0.717, 1.165) is 27.3 Å². The fraction of sp³-hybridized carbons (Fsp3) is 0.429. The van der Waals surface area contributed by atoms with E-state index in [1.807, 2.05) is 32.0 Å². The summed E-state index contributed by atoms with van der Waals surface area (Å²) in [6.45, 7) is 6.06. The second-order valence-electron chi connectivity index (χ2n) is 4.69. The van der Waals surface area contributed by atoms with E-state index < -0.39 is 0 Å². The van der Waals surface area contributed by atoms with Gasteiger partial charge in [0.25, 0.3) is 0 Å². The minimum absolute atomic E-state index is 0.0548. The summed E-state index contributed by atoms with van der Waals surface area (Å²) in [4.78, 5) is 10.2. The number of thioether (sulfide) groups is 1. The van der Waals surface area contributed by atoms with Crippen LogP contribution in [-0.4, -0.2) is 16.0 Å². The van der Waals surface area contributed by atoms with Gasteiger partial charge in [-0.1, -0.05) is 30.3 Å². The molecule has 0 aliphatic rings. The number of halogens is 1. The average molecular weight is 328 g/mol. The number of nitrogens with zero attached hydrogens (tertiary/aromatic N) is 2. The van der Waals surface area contributed by atoms with Crippen LogP contribution in [0.1, 0.15) is 34.9 Å². The zero-order valence-electron chi connectivity index (χ0n) is 11.8. The molecule has 0 fully saturated rings. The number of rotatable bonds is 5. The van der Waals surface area contributed by atoms with E-state index in [4.69, 9.17) is 17.3 Å². The number of aryl methyl sites for hydroxylation is 2. The molecule has 0 saturated heterocycles. The van der Waals surface area contributed by atoms with Crippen LogP contribution in [0.2, 0.25) is 4.34 Å². The molecule has 0 bridgehead atoms. The topological polar surface area (TPSA) is 51.8 Å². The van der Waals surface area contributed by atoms with Crippen molar-refractivity contribution in [2.45, 2.75) is 43.6 Å². The Hall–Kier alpha value is -0.620. The molecule has 0 amide bonds. The highest BCUT2D eigenvalue weighted by Crippen LogP contribution is 2.40. The van der Waals surface area contributed by atoms with E-state index in [1.54, 1.807) is 23.1 Å². The first-order valence-electron chi connectivity index (χ1n) is 6.49. The van der Waals surface area contributed by atoms with Crippen molar-refractivity contribution in [3.05, 3.63) is 38.8 Å². The first-order valence-corrected chi connectivity index (χ1v) is 8.56. The van der Waals surface area contributed by atoms with Gasteiger partial charge in [-0.3, -0.25) is 0 Å². The first kappa shape index (κ1) is 15.8. The Morgan fingerprint density at radius 1 is 1.30 bits per heavy atom. The predicted molar refractivity (Wildman–Crippen MR) is 87.7 cm³/mol. The molecule has 0 saturated carbocycles. The van der Waals surface area contributed by atoms with E-state index >= 15 is 0 Å². The van der Waals surface area contributed by atoms with Crippen molar-refractivity contribution in [2.24, 2.45) is 5.73 Å². The highest BCUT2D eigenvalue weighted by atomic mass is 35.5. The summed E-state index contributed by atoms with van der Waals surface area (Å²) in [7, 11) is 0. The maximum atomic E-state index is 6.27. The fourth-order valence-corrected chi connectivity index (χ4v) is 4.50. The zero-order chi connectivity index (χ0) is 14.7. The standard InChI is InChI=1S/C14H18ClN3S2/c1-4-10(16)13(11-5-6-12(15)19-11)20-14-17-8(2)7-9(3)18-14/h5-7,10,13H,4,16H2,1-3H3. The van der Waals surface area contributed by atoms with E-state index in [9.17, 15) is 0 Å². The number of hydrogen-bond acceptors (Lipinski definition) is 5. The largest absolute Gasteiger partial charge is 0.326 e. The lowest BCUT2D eigenvalue weighted by atomic mass is 10.1. The van der Waals surface area contributed by atoms with Gasteiger partial charge in [-0.25, -0.2) is 9.97 Å². The zero-order valence-corrected chi connectivity index (χ0v) is 14.1. The second-order valence-corrected chi connectivity index (χ2v) is 7.54. The van der Waals surface area contributed by atoms with Crippen LogP contribution < -0.4 is 5.73 Å². The molecule has 0 aliphatic heterocycles. The SMILES string of the molecule is CCC(N)C(Sc1nc(C)cc(C)n1)c1ccc(Cl)s1. The molecule has 2 atom stereocenters. The molecule has 2 N–H and O–H groups in total. The van der Waals surface area contributed by atoms with Crippen molar-refractivity contribution < 1.29 is 0 Å². The van der Waals surface area contributed by atoms with Gasteiger partial charge in [0.1, 0.15) is 0 Å². The van der Waals surface area contributed by atoms with Crippen LogP contribution in [0.25, 0.3) is 0 Å². The average Bonchev–Trinajstić information content (AvgIpc) is 2.80. The Morgan fingerprint density at radius 3 is 2.45 bits per heavy atom. The van der Waals surface area contributed by atoms with Crippen LogP contribution in [0.4, 0.5) is 0 Å². The van der Waals surface area contributed by atoms with Gasteiger partial charge < -0.3 is 5.73 Å². The van der Waals surface area contributed by atoms with Gasteiger partial charge in [0.15, 0.2) is 5.16 Å². The van der Waals surface area contributed by atoms with Crippen LogP contribution in [-0.2, 0) is 0 Å². The van der Waals surface area contributed by atoms with Crippen molar-refractivity contribution in [1.82, 2.24) is 9.97 Å². The number of thiophene rings is 1. The smallest absolute Gasteiger partial charge is 0.188 e. The number of nitrogens with two attached hydrogens (primary N) is 1. The third kappa shape index (κ3) is 3.95. The van der Waals surface area contributed by atoms with Gasteiger partial charge in [0.05, 0.1) is 9.59 Å². The Labute approximate surface area is 133 Å². The molecule has 2 rings (SSSR count). The van der Waals surface area contributed by atoms with E-state index in [-0.39, 0.29) is 11.3 Å². The van der Waals surface area contributed by atoms with E-state index in [2.05, 4.69) is 16.9 Å². The normalized spacial score (nSPS) is 14.2.